The van der Waals surface area contributed by atoms with E-state index in [4.69, 9.17) is 5.11 Å². The average Bonchev–Trinajstić information content (AvgIpc) is 2.41. The summed E-state index contributed by atoms with van der Waals surface area (Å²) in [6, 6.07) is 4.29. The molecule has 104 valence electrons. The minimum Gasteiger partial charge on any atom is -0.478 e. The Morgan fingerprint density at radius 3 is 2.89 bits per heavy atom. The quantitative estimate of drug-likeness (QED) is 0.886. The van der Waals surface area contributed by atoms with Crippen LogP contribution in [-0.2, 0) is 0 Å². The van der Waals surface area contributed by atoms with Gasteiger partial charge in [-0.2, -0.15) is 11.8 Å². The monoisotopic (exact) mass is 283 g/mol. The fraction of sp³-hybridized carbons (Fsp3) is 0.500. The van der Waals surface area contributed by atoms with Gasteiger partial charge >= 0.3 is 5.97 Å². The van der Waals surface area contributed by atoms with Crippen molar-refractivity contribution in [2.24, 2.45) is 0 Å². The molecular weight excluding hydrogens is 265 g/mol. The van der Waals surface area contributed by atoms with E-state index in [-0.39, 0.29) is 11.6 Å². The van der Waals surface area contributed by atoms with Crippen LogP contribution in [0.4, 0.5) is 10.1 Å². The Hall–Kier alpha value is -1.23. The van der Waals surface area contributed by atoms with Crippen molar-refractivity contribution in [2.75, 3.05) is 11.6 Å². The largest absolute Gasteiger partial charge is 0.478 e. The van der Waals surface area contributed by atoms with Gasteiger partial charge in [0.2, 0.25) is 0 Å². The molecule has 0 amide bonds. The zero-order chi connectivity index (χ0) is 13.8. The number of benzene rings is 1. The minimum atomic E-state index is -1.11. The smallest absolute Gasteiger partial charge is 0.335 e. The Morgan fingerprint density at radius 1 is 1.47 bits per heavy atom. The number of anilines is 1. The van der Waals surface area contributed by atoms with E-state index in [0.29, 0.717) is 10.9 Å². The number of hydrogen-bond acceptors (Lipinski definition) is 3. The highest BCUT2D eigenvalue weighted by Crippen LogP contribution is 2.29. The number of halogens is 1. The van der Waals surface area contributed by atoms with E-state index in [9.17, 15) is 9.18 Å². The summed E-state index contributed by atoms with van der Waals surface area (Å²) < 4.78 is 13.8. The molecule has 1 fully saturated rings. The van der Waals surface area contributed by atoms with E-state index in [0.717, 1.165) is 25.3 Å². The number of rotatable bonds is 4. The number of carboxylic acids is 1. The van der Waals surface area contributed by atoms with Gasteiger partial charge in [0.05, 0.1) is 11.3 Å². The highest BCUT2D eigenvalue weighted by atomic mass is 32.2. The average molecular weight is 283 g/mol. The Morgan fingerprint density at radius 2 is 2.26 bits per heavy atom. The van der Waals surface area contributed by atoms with Crippen LogP contribution in [0.3, 0.4) is 0 Å². The standard InChI is InChI=1S/C14H18FNO2S/c1-19-11-4-2-3-10(8-11)16-13-6-5-9(14(17)18)7-12(13)15/h5-7,10-11,16H,2-4,8H2,1H3,(H,17,18). The summed E-state index contributed by atoms with van der Waals surface area (Å²) >= 11 is 1.86. The van der Waals surface area contributed by atoms with Crippen LogP contribution in [0.25, 0.3) is 0 Å². The van der Waals surface area contributed by atoms with Gasteiger partial charge in [-0.25, -0.2) is 9.18 Å². The Bertz CT molecular complexity index is 467. The first kappa shape index (κ1) is 14.2. The van der Waals surface area contributed by atoms with E-state index in [1.54, 1.807) is 0 Å². The zero-order valence-corrected chi connectivity index (χ0v) is 11.7. The molecule has 3 nitrogen and oxygen atoms in total. The van der Waals surface area contributed by atoms with Gasteiger partial charge in [0.1, 0.15) is 5.82 Å². The van der Waals surface area contributed by atoms with Crippen LogP contribution in [0.15, 0.2) is 18.2 Å². The molecule has 2 N–H and O–H groups in total. The summed E-state index contributed by atoms with van der Waals surface area (Å²) in [5.41, 5.74) is 0.380. The lowest BCUT2D eigenvalue weighted by Crippen LogP contribution is -2.28. The fourth-order valence-corrected chi connectivity index (χ4v) is 3.30. The predicted octanol–water partition coefficient (Wildman–Crippen LogP) is 3.61. The van der Waals surface area contributed by atoms with Gasteiger partial charge in [0, 0.05) is 11.3 Å². The molecule has 0 heterocycles. The Kier molecular flexibility index (Phi) is 4.69. The van der Waals surface area contributed by atoms with Crippen molar-refractivity contribution in [2.45, 2.75) is 37.0 Å². The molecule has 0 aromatic heterocycles. The summed E-state index contributed by atoms with van der Waals surface area (Å²) in [5, 5.41) is 12.6. The third-order valence-corrected chi connectivity index (χ3v) is 4.63. The van der Waals surface area contributed by atoms with Gasteiger partial charge in [0.15, 0.2) is 0 Å². The molecule has 1 aliphatic carbocycles. The van der Waals surface area contributed by atoms with E-state index < -0.39 is 11.8 Å². The van der Waals surface area contributed by atoms with Crippen LogP contribution < -0.4 is 5.32 Å². The van der Waals surface area contributed by atoms with Crippen LogP contribution in [0.5, 0.6) is 0 Å². The minimum absolute atomic E-state index is 0.0197. The molecule has 1 aromatic carbocycles. The van der Waals surface area contributed by atoms with E-state index >= 15 is 0 Å². The maximum Gasteiger partial charge on any atom is 0.335 e. The number of thioether (sulfide) groups is 1. The van der Waals surface area contributed by atoms with E-state index in [1.165, 1.54) is 18.6 Å². The van der Waals surface area contributed by atoms with Crippen molar-refractivity contribution in [3.8, 4) is 0 Å². The van der Waals surface area contributed by atoms with Crippen molar-refractivity contribution in [3.05, 3.63) is 29.6 Å². The molecule has 5 heteroatoms. The van der Waals surface area contributed by atoms with Crippen molar-refractivity contribution in [1.29, 1.82) is 0 Å². The lowest BCUT2D eigenvalue weighted by atomic mass is 9.94. The molecule has 0 radical (unpaired) electrons. The first-order valence-corrected chi connectivity index (χ1v) is 7.71. The normalized spacial score (nSPS) is 23.1. The fourth-order valence-electron chi connectivity index (χ4n) is 2.48. The number of carbonyl (C=O) groups is 1. The molecule has 1 saturated carbocycles. The summed E-state index contributed by atoms with van der Waals surface area (Å²) in [6.07, 6.45) is 6.55. The summed E-state index contributed by atoms with van der Waals surface area (Å²) in [4.78, 5) is 10.7. The van der Waals surface area contributed by atoms with Gasteiger partial charge in [-0.3, -0.25) is 0 Å². The topological polar surface area (TPSA) is 49.3 Å². The third-order valence-electron chi connectivity index (χ3n) is 3.54. The molecule has 19 heavy (non-hydrogen) atoms. The van der Waals surface area contributed by atoms with Gasteiger partial charge in [-0.1, -0.05) is 6.42 Å². The second kappa shape index (κ2) is 6.28. The molecule has 1 aliphatic rings. The predicted molar refractivity (Wildman–Crippen MR) is 76.5 cm³/mol. The summed E-state index contributed by atoms with van der Waals surface area (Å²) in [7, 11) is 0. The molecule has 2 atom stereocenters. The second-order valence-corrected chi connectivity index (χ2v) is 6.00. The molecule has 0 spiro atoms. The Labute approximate surface area is 116 Å². The van der Waals surface area contributed by atoms with Gasteiger partial charge in [-0.15, -0.1) is 0 Å². The van der Waals surface area contributed by atoms with Crippen molar-refractivity contribution in [1.82, 2.24) is 0 Å². The highest BCUT2D eigenvalue weighted by Gasteiger charge is 2.22. The van der Waals surface area contributed by atoms with E-state index in [1.807, 2.05) is 11.8 Å². The number of hydrogen-bond donors (Lipinski definition) is 2. The van der Waals surface area contributed by atoms with Gasteiger partial charge in [0.25, 0.3) is 0 Å². The van der Waals surface area contributed by atoms with Crippen LogP contribution in [0.1, 0.15) is 36.0 Å². The number of nitrogens with one attached hydrogen (secondary N) is 1. The first-order chi connectivity index (χ1) is 9.10. The maximum absolute atomic E-state index is 13.8. The van der Waals surface area contributed by atoms with Crippen LogP contribution >= 0.6 is 11.8 Å². The lowest BCUT2D eigenvalue weighted by molar-refractivity contribution is 0.0696. The summed E-state index contributed by atoms with van der Waals surface area (Å²) in [6.45, 7) is 0. The number of aromatic carboxylic acids is 1. The van der Waals surface area contributed by atoms with Crippen molar-refractivity contribution in [3.63, 3.8) is 0 Å². The Balaban J connectivity index is 2.04. The molecule has 0 aliphatic heterocycles. The van der Waals surface area contributed by atoms with Gasteiger partial charge < -0.3 is 10.4 Å². The van der Waals surface area contributed by atoms with Crippen LogP contribution in [-0.4, -0.2) is 28.6 Å². The summed E-state index contributed by atoms with van der Waals surface area (Å²) in [5.74, 6) is -1.60. The molecule has 0 bridgehead atoms. The second-order valence-electron chi connectivity index (χ2n) is 4.87. The molecular formula is C14H18FNO2S. The number of carboxylic acid groups (broad SMARTS) is 1. The van der Waals surface area contributed by atoms with Crippen molar-refractivity contribution >= 4 is 23.4 Å². The third kappa shape index (κ3) is 3.62. The first-order valence-electron chi connectivity index (χ1n) is 6.42. The van der Waals surface area contributed by atoms with Crippen LogP contribution in [0.2, 0.25) is 0 Å². The zero-order valence-electron chi connectivity index (χ0n) is 10.9. The van der Waals surface area contributed by atoms with E-state index in [2.05, 4.69) is 11.6 Å². The molecule has 1 aromatic rings. The maximum atomic E-state index is 13.8. The molecule has 0 saturated heterocycles. The van der Waals surface area contributed by atoms with Gasteiger partial charge in [-0.05, 0) is 43.7 Å². The highest BCUT2D eigenvalue weighted by molar-refractivity contribution is 7.99. The molecule has 2 unspecified atom stereocenters. The van der Waals surface area contributed by atoms with Crippen molar-refractivity contribution < 1.29 is 14.3 Å². The molecule has 2 rings (SSSR count). The lowest BCUT2D eigenvalue weighted by Gasteiger charge is -2.29. The van der Waals surface area contributed by atoms with Crippen LogP contribution in [0, 0.1) is 5.82 Å². The SMILES string of the molecule is CSC1CCCC(Nc2ccc(C(=O)O)cc2F)C1.